The molecule has 5 rings (SSSR count). The monoisotopic (exact) mass is 733 g/mol. The Morgan fingerprint density at radius 3 is 2.12 bits per heavy atom. The predicted octanol–water partition coefficient (Wildman–Crippen LogP) is 6.14. The van der Waals surface area contributed by atoms with Crippen LogP contribution >= 0.6 is 24.1 Å². The summed E-state index contributed by atoms with van der Waals surface area (Å²) in [5.74, 6) is -2.62. The van der Waals surface area contributed by atoms with Crippen molar-refractivity contribution in [3.8, 4) is 11.8 Å². The average molecular weight is 734 g/mol. The van der Waals surface area contributed by atoms with Gasteiger partial charge in [0.05, 0.1) is 56.5 Å². The van der Waals surface area contributed by atoms with Gasteiger partial charge >= 0.3 is 12.0 Å². The van der Waals surface area contributed by atoms with Gasteiger partial charge in [0.25, 0.3) is 10.1 Å². The molecular weight excluding hydrogens is 715 g/mol. The normalized spacial score (nSPS) is 11.7. The lowest BCUT2D eigenvalue weighted by molar-refractivity contribution is -0.432. The Morgan fingerprint density at radius 2 is 1.47 bits per heavy atom. The van der Waals surface area contributed by atoms with Crippen molar-refractivity contribution in [2.45, 2.75) is 14.7 Å². The van der Waals surface area contributed by atoms with Crippen molar-refractivity contribution in [3.63, 3.8) is 0 Å². The summed E-state index contributed by atoms with van der Waals surface area (Å²) in [4.78, 5) is 23.1. The number of hydrogen-bond acceptors (Lipinski definition) is 20. The van der Waals surface area contributed by atoms with Gasteiger partial charge in [0.2, 0.25) is 11.9 Å². The van der Waals surface area contributed by atoms with Crippen molar-refractivity contribution in [2.75, 3.05) is 10.6 Å². The summed E-state index contributed by atoms with van der Waals surface area (Å²) in [5.41, 5.74) is -0.296. The number of azo groups is 1. The van der Waals surface area contributed by atoms with E-state index in [1.165, 1.54) is 36.4 Å². The van der Waals surface area contributed by atoms with Crippen LogP contribution in [-0.4, -0.2) is 59.7 Å². The molecule has 0 spiro atoms. The van der Waals surface area contributed by atoms with E-state index >= 15 is 0 Å². The summed E-state index contributed by atoms with van der Waals surface area (Å²) < 4.78 is 43.2. The summed E-state index contributed by atoms with van der Waals surface area (Å²) in [6, 6.07) is 14.2. The molecule has 23 heteroatoms. The largest absolute Gasteiger partial charge is 0.505 e. The molecule has 0 unspecified atom stereocenters. The number of phenols is 1. The van der Waals surface area contributed by atoms with Crippen molar-refractivity contribution in [1.82, 2.24) is 15.0 Å². The van der Waals surface area contributed by atoms with E-state index in [1.54, 1.807) is 18.2 Å². The highest BCUT2D eigenvalue weighted by Crippen LogP contribution is 2.47. The molecule has 5 aromatic rings. The van der Waals surface area contributed by atoms with Gasteiger partial charge in [0.1, 0.15) is 5.69 Å². The number of carbonyl (C=O) groups is 1. The SMILES string of the molecule is O=C(O)c1ccccc1Nc1nc(O)nc(Nc2cc(S(=O)(=O)O)cc3cc(SOOO)c(N=Nc4ccc(SOOO)cc4)c(O)c23)n1. The fourth-order valence-corrected chi connectivity index (χ4v) is 5.54. The zero-order valence-corrected chi connectivity index (χ0v) is 26.3. The highest BCUT2D eigenvalue weighted by atomic mass is 32.2. The van der Waals surface area contributed by atoms with E-state index in [4.69, 9.17) is 10.5 Å². The van der Waals surface area contributed by atoms with E-state index in [-0.39, 0.29) is 49.9 Å². The standard InChI is InChI=1S/C26H19N7O13S3/c34-22-20-12(10-19(48-46-44-39)21(22)33-32-13-5-7-14(8-6-13)47-45-43-38)9-15(49(40,41)42)11-18(20)28-25-29-24(30-26(37)31-25)27-17-4-2-1-3-16(17)23(35)36/h1-11,34,38-39H,(H,35,36)(H,40,41,42)(H3,27,28,29,30,31,37). The van der Waals surface area contributed by atoms with Crippen LogP contribution in [0.5, 0.6) is 11.8 Å². The van der Waals surface area contributed by atoms with Crippen LogP contribution in [0.3, 0.4) is 0 Å². The molecule has 0 saturated carbocycles. The van der Waals surface area contributed by atoms with Crippen molar-refractivity contribution in [1.29, 1.82) is 0 Å². The average Bonchev–Trinajstić information content (AvgIpc) is 3.05. The molecule has 0 fully saturated rings. The zero-order valence-electron chi connectivity index (χ0n) is 23.9. The maximum Gasteiger partial charge on any atom is 0.337 e. The van der Waals surface area contributed by atoms with Gasteiger partial charge in [-0.05, 0) is 60.0 Å². The lowest BCUT2D eigenvalue weighted by Gasteiger charge is -2.15. The molecule has 0 aliphatic rings. The predicted molar refractivity (Wildman–Crippen MR) is 169 cm³/mol. The van der Waals surface area contributed by atoms with Gasteiger partial charge in [-0.15, -0.1) is 13.8 Å². The van der Waals surface area contributed by atoms with E-state index in [0.717, 1.165) is 12.1 Å². The van der Waals surface area contributed by atoms with E-state index in [1.807, 2.05) is 0 Å². The minimum atomic E-state index is -4.86. The first-order valence-corrected chi connectivity index (χ1v) is 15.8. The second-order valence-corrected chi connectivity index (χ2v) is 12.1. The van der Waals surface area contributed by atoms with Gasteiger partial charge in [-0.3, -0.25) is 4.55 Å². The third kappa shape index (κ3) is 8.64. The Bertz CT molecular complexity index is 2160. The van der Waals surface area contributed by atoms with Crippen molar-refractivity contribution < 1.29 is 62.3 Å². The Hall–Kier alpha value is -5.21. The molecule has 1 heterocycles. The topological polar surface area (TPSA) is 297 Å². The molecule has 0 atom stereocenters. The molecule has 20 nitrogen and oxygen atoms in total. The number of para-hydroxylation sites is 1. The Kier molecular flexibility index (Phi) is 11.0. The molecule has 0 aliphatic heterocycles. The van der Waals surface area contributed by atoms with Crippen molar-refractivity contribution >= 4 is 85.6 Å². The van der Waals surface area contributed by atoms with Gasteiger partial charge in [0.15, 0.2) is 5.75 Å². The number of aromatic carboxylic acids is 1. The molecule has 0 bridgehead atoms. The van der Waals surface area contributed by atoms with E-state index in [9.17, 15) is 33.1 Å². The first kappa shape index (κ1) is 35.1. The Balaban J connectivity index is 1.61. The number of anilines is 4. The second kappa shape index (κ2) is 15.3. The number of aromatic nitrogens is 3. The number of carboxylic acids is 1. The van der Waals surface area contributed by atoms with Gasteiger partial charge in [-0.1, -0.05) is 22.2 Å². The Morgan fingerprint density at radius 1 is 0.816 bits per heavy atom. The molecule has 254 valence electrons. The summed E-state index contributed by atoms with van der Waals surface area (Å²) in [6.45, 7) is 0. The maximum absolute atomic E-state index is 12.2. The zero-order chi connectivity index (χ0) is 35.1. The van der Waals surface area contributed by atoms with E-state index in [0.29, 0.717) is 29.0 Å². The highest BCUT2D eigenvalue weighted by Gasteiger charge is 2.22. The Labute approximate surface area is 281 Å². The number of benzene rings is 4. The minimum absolute atomic E-state index is 0.0300. The number of fused-ring (bicyclic) bond motifs is 1. The number of carboxylic acid groups (broad SMARTS) is 1. The summed E-state index contributed by atoms with van der Waals surface area (Å²) in [5, 5.41) is 68.8. The van der Waals surface area contributed by atoms with Crippen molar-refractivity contribution in [2.24, 2.45) is 10.2 Å². The smallest absolute Gasteiger partial charge is 0.337 e. The van der Waals surface area contributed by atoms with Crippen LogP contribution in [0.15, 0.2) is 91.6 Å². The van der Waals surface area contributed by atoms with Gasteiger partial charge in [0, 0.05) is 10.3 Å². The number of nitrogens with one attached hydrogen (secondary N) is 2. The fraction of sp³-hybridized carbons (Fsp3) is 0. The maximum atomic E-state index is 12.2. The summed E-state index contributed by atoms with van der Waals surface area (Å²) >= 11 is 1.06. The van der Waals surface area contributed by atoms with Crippen LogP contribution in [0.2, 0.25) is 0 Å². The third-order valence-corrected chi connectivity index (χ3v) is 8.16. The van der Waals surface area contributed by atoms with Gasteiger partial charge in [-0.2, -0.15) is 28.5 Å². The molecule has 0 saturated heterocycles. The highest BCUT2D eigenvalue weighted by molar-refractivity contribution is 7.95. The molecule has 4 aromatic carbocycles. The molecule has 8 N–H and O–H groups in total. The minimum Gasteiger partial charge on any atom is -0.505 e. The quantitative estimate of drug-likeness (QED) is 0.0209. The van der Waals surface area contributed by atoms with Crippen LogP contribution in [0.1, 0.15) is 10.4 Å². The van der Waals surface area contributed by atoms with Crippen molar-refractivity contribution in [3.05, 3.63) is 72.3 Å². The molecule has 0 radical (unpaired) electrons. The van der Waals surface area contributed by atoms with Gasteiger partial charge < -0.3 is 26.0 Å². The number of aromatic hydroxyl groups is 2. The lowest BCUT2D eigenvalue weighted by Crippen LogP contribution is -2.07. The van der Waals surface area contributed by atoms with E-state index < -0.39 is 38.7 Å². The third-order valence-electron chi connectivity index (χ3n) is 6.11. The number of phenolic OH excluding ortho intramolecular Hbond substituents is 1. The van der Waals surface area contributed by atoms with Crippen LogP contribution in [0.4, 0.5) is 34.6 Å². The van der Waals surface area contributed by atoms with Crippen LogP contribution < -0.4 is 10.6 Å². The van der Waals surface area contributed by atoms with E-state index in [2.05, 4.69) is 54.6 Å². The van der Waals surface area contributed by atoms with Crippen LogP contribution in [0, 0.1) is 0 Å². The first-order chi connectivity index (χ1) is 23.5. The molecule has 1 aromatic heterocycles. The first-order valence-electron chi connectivity index (χ1n) is 12.9. The molecular formula is C26H19N7O13S3. The number of nitrogens with zero attached hydrogens (tertiary/aromatic N) is 5. The second-order valence-electron chi connectivity index (χ2n) is 9.15. The molecule has 0 aliphatic carbocycles. The summed E-state index contributed by atoms with van der Waals surface area (Å²) in [6.07, 6.45) is 0. The lowest BCUT2D eigenvalue weighted by atomic mass is 10.1. The molecule has 0 amide bonds. The fourth-order valence-electron chi connectivity index (χ4n) is 4.15. The van der Waals surface area contributed by atoms with Crippen LogP contribution in [-0.2, 0) is 28.9 Å². The van der Waals surface area contributed by atoms with Crippen LogP contribution in [0.25, 0.3) is 10.8 Å². The van der Waals surface area contributed by atoms with Gasteiger partial charge in [-0.25, -0.2) is 15.3 Å². The summed E-state index contributed by atoms with van der Waals surface area (Å²) in [7, 11) is -4.86. The molecule has 49 heavy (non-hydrogen) atoms. The number of rotatable bonds is 14. The number of hydrogen-bond donors (Lipinski definition) is 8.